The van der Waals surface area contributed by atoms with Gasteiger partial charge in [-0.05, 0) is 44.4 Å². The van der Waals surface area contributed by atoms with Crippen LogP contribution >= 0.6 is 11.6 Å². The van der Waals surface area contributed by atoms with Gasteiger partial charge in [0.05, 0.1) is 11.6 Å². The first-order chi connectivity index (χ1) is 10.5. The van der Waals surface area contributed by atoms with Crippen molar-refractivity contribution in [1.82, 2.24) is 0 Å². The summed E-state index contributed by atoms with van der Waals surface area (Å²) in [6, 6.07) is 5.24. The summed E-state index contributed by atoms with van der Waals surface area (Å²) in [7, 11) is 0. The molecule has 124 valence electrons. The molecular weight excluding hydrogens is 302 g/mol. The smallest absolute Gasteiger partial charge is 0.256 e. The Bertz CT molecular complexity index is 493. The van der Waals surface area contributed by atoms with E-state index in [4.69, 9.17) is 21.1 Å². The monoisotopic (exact) mass is 327 g/mol. The fourth-order valence-corrected chi connectivity index (χ4v) is 2.06. The number of hydrogen-bond acceptors (Lipinski definition) is 3. The fourth-order valence-electron chi connectivity index (χ4n) is 1.83. The molecule has 1 atom stereocenters. The molecule has 1 aromatic carbocycles. The lowest BCUT2D eigenvalue weighted by Gasteiger charge is -2.27. The molecule has 0 saturated heterocycles. The Hall–Kier alpha value is -1.26. The molecule has 0 bridgehead atoms. The molecule has 0 aromatic heterocycles. The number of benzene rings is 1. The summed E-state index contributed by atoms with van der Waals surface area (Å²) in [4.78, 5) is 12.4. The van der Waals surface area contributed by atoms with Crippen LogP contribution in [0.5, 0.6) is 5.75 Å². The van der Waals surface area contributed by atoms with Crippen molar-refractivity contribution in [2.45, 2.75) is 52.6 Å². The van der Waals surface area contributed by atoms with Gasteiger partial charge in [-0.1, -0.05) is 32.4 Å². The zero-order valence-electron chi connectivity index (χ0n) is 13.9. The lowest BCUT2D eigenvalue weighted by atomic mass is 10.0. The number of carbonyl (C=O) groups excluding carboxylic acids is 1. The predicted molar refractivity (Wildman–Crippen MR) is 90.8 cm³/mol. The van der Waals surface area contributed by atoms with E-state index in [-0.39, 0.29) is 5.91 Å². The third-order valence-corrected chi connectivity index (χ3v) is 3.73. The third-order valence-electron chi connectivity index (χ3n) is 3.43. The number of ether oxygens (including phenoxy) is 2. The van der Waals surface area contributed by atoms with E-state index < -0.39 is 5.60 Å². The molecule has 0 spiro atoms. The van der Waals surface area contributed by atoms with Crippen molar-refractivity contribution in [3.63, 3.8) is 0 Å². The Morgan fingerprint density at radius 1 is 1.23 bits per heavy atom. The minimum absolute atomic E-state index is 0.165. The van der Waals surface area contributed by atoms with Crippen LogP contribution in [-0.4, -0.2) is 24.7 Å². The fraction of sp³-hybridized carbons (Fsp3) is 0.588. The second kappa shape index (κ2) is 9.01. The number of anilines is 1. The van der Waals surface area contributed by atoms with Crippen molar-refractivity contribution < 1.29 is 14.3 Å². The van der Waals surface area contributed by atoms with Crippen LogP contribution in [0.3, 0.4) is 0 Å². The van der Waals surface area contributed by atoms with Gasteiger partial charge in [0.1, 0.15) is 11.4 Å². The lowest BCUT2D eigenvalue weighted by Crippen LogP contribution is -2.42. The molecule has 0 heterocycles. The number of nitrogens with one attached hydrogen (secondary N) is 1. The lowest BCUT2D eigenvalue weighted by molar-refractivity contribution is -0.139. The van der Waals surface area contributed by atoms with Gasteiger partial charge in [-0.3, -0.25) is 4.79 Å². The van der Waals surface area contributed by atoms with Crippen LogP contribution < -0.4 is 10.1 Å². The Kier molecular flexibility index (Phi) is 7.69. The van der Waals surface area contributed by atoms with Crippen LogP contribution in [0.2, 0.25) is 5.02 Å². The molecule has 1 N–H and O–H groups in total. The molecule has 1 aromatic rings. The van der Waals surface area contributed by atoms with E-state index in [2.05, 4.69) is 5.32 Å². The maximum atomic E-state index is 12.4. The minimum Gasteiger partial charge on any atom is -0.492 e. The molecular formula is C17H26ClNO3. The average molecular weight is 328 g/mol. The molecule has 5 heteroatoms. The molecule has 0 fully saturated rings. The van der Waals surface area contributed by atoms with Crippen molar-refractivity contribution in [1.29, 1.82) is 0 Å². The van der Waals surface area contributed by atoms with Gasteiger partial charge < -0.3 is 14.8 Å². The van der Waals surface area contributed by atoms with Gasteiger partial charge >= 0.3 is 0 Å². The van der Waals surface area contributed by atoms with Crippen LogP contribution in [0.15, 0.2) is 18.2 Å². The van der Waals surface area contributed by atoms with Gasteiger partial charge in [0.15, 0.2) is 0 Å². The first-order valence-corrected chi connectivity index (χ1v) is 8.22. The minimum atomic E-state index is -0.833. The van der Waals surface area contributed by atoms with Crippen molar-refractivity contribution in [3.8, 4) is 5.75 Å². The second-order valence-electron chi connectivity index (χ2n) is 5.38. The Morgan fingerprint density at radius 2 is 1.91 bits per heavy atom. The summed E-state index contributed by atoms with van der Waals surface area (Å²) in [6.45, 7) is 8.96. The number of rotatable bonds is 9. The zero-order valence-corrected chi connectivity index (χ0v) is 14.6. The van der Waals surface area contributed by atoms with E-state index in [9.17, 15) is 4.79 Å². The van der Waals surface area contributed by atoms with Crippen LogP contribution in [0, 0.1) is 0 Å². The molecule has 1 rings (SSSR count). The maximum Gasteiger partial charge on any atom is 0.256 e. The molecule has 22 heavy (non-hydrogen) atoms. The first-order valence-electron chi connectivity index (χ1n) is 7.84. The van der Waals surface area contributed by atoms with E-state index in [1.54, 1.807) is 25.1 Å². The van der Waals surface area contributed by atoms with Gasteiger partial charge in [-0.2, -0.15) is 0 Å². The van der Waals surface area contributed by atoms with Crippen LogP contribution in [-0.2, 0) is 9.53 Å². The van der Waals surface area contributed by atoms with Gasteiger partial charge in [0.2, 0.25) is 0 Å². The normalized spacial score (nSPS) is 13.5. The van der Waals surface area contributed by atoms with E-state index in [0.717, 1.165) is 12.8 Å². The van der Waals surface area contributed by atoms with Crippen molar-refractivity contribution in [3.05, 3.63) is 23.2 Å². The molecule has 4 nitrogen and oxygen atoms in total. The molecule has 0 aliphatic carbocycles. The van der Waals surface area contributed by atoms with Crippen molar-refractivity contribution in [2.75, 3.05) is 18.5 Å². The number of amides is 1. The Labute approximate surface area is 138 Å². The molecule has 0 aliphatic rings. The number of halogens is 1. The van der Waals surface area contributed by atoms with Gasteiger partial charge in [-0.15, -0.1) is 0 Å². The van der Waals surface area contributed by atoms with Gasteiger partial charge in [0, 0.05) is 12.3 Å². The third kappa shape index (κ3) is 5.18. The van der Waals surface area contributed by atoms with E-state index in [1.165, 1.54) is 0 Å². The average Bonchev–Trinajstić information content (AvgIpc) is 2.51. The van der Waals surface area contributed by atoms with Crippen LogP contribution in [0.1, 0.15) is 47.0 Å². The van der Waals surface area contributed by atoms with Gasteiger partial charge in [-0.25, -0.2) is 0 Å². The standard InChI is InChI=1S/C17H26ClNO3/c1-5-10-21-15-9-8-13(12-14(15)18)19-16(20)17(4,7-3)22-11-6-2/h8-9,12H,5-7,10-11H2,1-4H3,(H,19,20)/t17-/m0/s1. The SMILES string of the molecule is CCCOc1ccc(NC(=O)[C@](C)(CC)OCCC)cc1Cl. The summed E-state index contributed by atoms with van der Waals surface area (Å²) in [5, 5.41) is 3.35. The highest BCUT2D eigenvalue weighted by atomic mass is 35.5. The molecule has 1 amide bonds. The highest BCUT2D eigenvalue weighted by molar-refractivity contribution is 6.32. The number of hydrogen-bond donors (Lipinski definition) is 1. The Balaban J connectivity index is 2.76. The topological polar surface area (TPSA) is 47.6 Å². The molecule has 0 radical (unpaired) electrons. The summed E-state index contributed by atoms with van der Waals surface area (Å²) < 4.78 is 11.2. The summed E-state index contributed by atoms with van der Waals surface area (Å²) >= 11 is 6.17. The molecule has 0 aliphatic heterocycles. The highest BCUT2D eigenvalue weighted by Crippen LogP contribution is 2.28. The molecule has 0 saturated carbocycles. The van der Waals surface area contributed by atoms with E-state index in [1.807, 2.05) is 20.8 Å². The summed E-state index contributed by atoms with van der Waals surface area (Å²) in [5.74, 6) is 0.462. The molecule has 0 unspecified atom stereocenters. The Morgan fingerprint density at radius 3 is 2.45 bits per heavy atom. The number of carbonyl (C=O) groups is 1. The summed E-state index contributed by atoms with van der Waals surface area (Å²) in [5.41, 5.74) is -0.196. The zero-order chi connectivity index (χ0) is 16.6. The van der Waals surface area contributed by atoms with Crippen LogP contribution in [0.4, 0.5) is 5.69 Å². The van der Waals surface area contributed by atoms with E-state index in [0.29, 0.717) is 36.1 Å². The maximum absolute atomic E-state index is 12.4. The largest absolute Gasteiger partial charge is 0.492 e. The first kappa shape index (κ1) is 18.8. The van der Waals surface area contributed by atoms with E-state index >= 15 is 0 Å². The highest BCUT2D eigenvalue weighted by Gasteiger charge is 2.32. The summed E-state index contributed by atoms with van der Waals surface area (Å²) in [6.07, 6.45) is 2.39. The second-order valence-corrected chi connectivity index (χ2v) is 5.79. The quantitative estimate of drug-likeness (QED) is 0.717. The van der Waals surface area contributed by atoms with Crippen molar-refractivity contribution in [2.24, 2.45) is 0 Å². The predicted octanol–water partition coefficient (Wildman–Crippen LogP) is 4.66. The van der Waals surface area contributed by atoms with Crippen LogP contribution in [0.25, 0.3) is 0 Å². The van der Waals surface area contributed by atoms with Crippen molar-refractivity contribution >= 4 is 23.2 Å². The van der Waals surface area contributed by atoms with Gasteiger partial charge in [0.25, 0.3) is 5.91 Å².